The summed E-state index contributed by atoms with van der Waals surface area (Å²) in [6.45, 7) is 1.59. The first-order valence-electron chi connectivity index (χ1n) is 9.55. The van der Waals surface area contributed by atoms with Crippen LogP contribution in [0, 0.1) is 6.92 Å². The molecule has 0 unspecified atom stereocenters. The Morgan fingerprint density at radius 3 is 2.35 bits per heavy atom. The van der Waals surface area contributed by atoms with Crippen molar-refractivity contribution in [1.82, 2.24) is 5.32 Å². The molecule has 0 aliphatic carbocycles. The van der Waals surface area contributed by atoms with Gasteiger partial charge >= 0.3 is 0 Å². The zero-order chi connectivity index (χ0) is 22.4. The van der Waals surface area contributed by atoms with Crippen LogP contribution >= 0.6 is 11.6 Å². The predicted molar refractivity (Wildman–Crippen MR) is 122 cm³/mol. The van der Waals surface area contributed by atoms with Gasteiger partial charge in [-0.05, 0) is 54.4 Å². The molecular weight excluding hydrogens is 436 g/mol. The average Bonchev–Trinajstić information content (AvgIpc) is 2.77. The van der Waals surface area contributed by atoms with Gasteiger partial charge in [0.1, 0.15) is 12.3 Å². The molecule has 0 saturated heterocycles. The van der Waals surface area contributed by atoms with Crippen molar-refractivity contribution in [1.29, 1.82) is 0 Å². The average molecular weight is 459 g/mol. The second kappa shape index (κ2) is 9.85. The molecule has 0 heterocycles. The quantitative estimate of drug-likeness (QED) is 0.549. The van der Waals surface area contributed by atoms with Crippen LogP contribution in [-0.4, -0.2) is 28.0 Å². The molecule has 31 heavy (non-hydrogen) atoms. The summed E-state index contributed by atoms with van der Waals surface area (Å²) in [7, 11) is -2.47. The molecule has 8 heteroatoms. The number of rotatable bonds is 8. The summed E-state index contributed by atoms with van der Waals surface area (Å²) in [6, 6.07) is 20.3. The van der Waals surface area contributed by atoms with Crippen LogP contribution in [0.25, 0.3) is 0 Å². The maximum atomic E-state index is 13.4. The molecule has 3 aromatic carbocycles. The monoisotopic (exact) mass is 458 g/mol. The lowest BCUT2D eigenvalue weighted by Crippen LogP contribution is -2.40. The molecule has 1 N–H and O–H groups in total. The molecule has 1 amide bonds. The lowest BCUT2D eigenvalue weighted by molar-refractivity contribution is -0.119. The number of hydrogen-bond acceptors (Lipinski definition) is 4. The van der Waals surface area contributed by atoms with Gasteiger partial charge in [0, 0.05) is 11.6 Å². The van der Waals surface area contributed by atoms with Crippen molar-refractivity contribution in [2.24, 2.45) is 0 Å². The van der Waals surface area contributed by atoms with Gasteiger partial charge in [0.05, 0.1) is 17.7 Å². The number of ether oxygens (including phenoxy) is 1. The number of hydrogen-bond donors (Lipinski definition) is 1. The van der Waals surface area contributed by atoms with Crippen LogP contribution < -0.4 is 14.4 Å². The number of methoxy groups -OCH3 is 1. The predicted octanol–water partition coefficient (Wildman–Crippen LogP) is 4.17. The van der Waals surface area contributed by atoms with E-state index in [1.165, 1.54) is 19.2 Å². The van der Waals surface area contributed by atoms with Crippen LogP contribution in [0.2, 0.25) is 5.02 Å². The van der Waals surface area contributed by atoms with E-state index in [0.29, 0.717) is 22.0 Å². The summed E-state index contributed by atoms with van der Waals surface area (Å²) < 4.78 is 33.2. The molecule has 0 aliphatic rings. The first-order valence-corrected chi connectivity index (χ1v) is 11.4. The number of sulfonamides is 1. The van der Waals surface area contributed by atoms with Crippen molar-refractivity contribution in [2.75, 3.05) is 18.0 Å². The highest BCUT2D eigenvalue weighted by molar-refractivity contribution is 7.92. The minimum Gasteiger partial charge on any atom is -0.496 e. The van der Waals surface area contributed by atoms with E-state index in [2.05, 4.69) is 5.32 Å². The SMILES string of the molecule is COc1ccc(S(=O)(=O)N(CC(=O)NCc2ccccc2Cl)c2ccccc2)cc1C. The number of anilines is 1. The summed E-state index contributed by atoms with van der Waals surface area (Å²) in [5.41, 5.74) is 1.82. The van der Waals surface area contributed by atoms with E-state index in [4.69, 9.17) is 16.3 Å². The smallest absolute Gasteiger partial charge is 0.264 e. The number of carbonyl (C=O) groups excluding carboxylic acids is 1. The summed E-state index contributed by atoms with van der Waals surface area (Å²) in [5, 5.41) is 3.28. The molecule has 162 valence electrons. The Morgan fingerprint density at radius 1 is 1.03 bits per heavy atom. The summed E-state index contributed by atoms with van der Waals surface area (Å²) in [4.78, 5) is 12.8. The van der Waals surface area contributed by atoms with E-state index >= 15 is 0 Å². The van der Waals surface area contributed by atoms with Crippen molar-refractivity contribution < 1.29 is 17.9 Å². The van der Waals surface area contributed by atoms with E-state index in [-0.39, 0.29) is 18.0 Å². The number of para-hydroxylation sites is 1. The van der Waals surface area contributed by atoms with Gasteiger partial charge in [0.15, 0.2) is 0 Å². The summed E-state index contributed by atoms with van der Waals surface area (Å²) in [6.07, 6.45) is 0. The molecular formula is C23H23ClN2O4S. The van der Waals surface area contributed by atoms with E-state index < -0.39 is 15.9 Å². The number of nitrogens with one attached hydrogen (secondary N) is 1. The maximum absolute atomic E-state index is 13.4. The van der Waals surface area contributed by atoms with Crippen LogP contribution in [0.15, 0.2) is 77.7 Å². The summed E-state index contributed by atoms with van der Waals surface area (Å²) >= 11 is 6.13. The van der Waals surface area contributed by atoms with Crippen LogP contribution in [0.4, 0.5) is 5.69 Å². The van der Waals surface area contributed by atoms with E-state index in [9.17, 15) is 13.2 Å². The van der Waals surface area contributed by atoms with Crippen molar-refractivity contribution in [3.8, 4) is 5.75 Å². The second-order valence-electron chi connectivity index (χ2n) is 6.85. The topological polar surface area (TPSA) is 75.7 Å². The number of aryl methyl sites for hydroxylation is 1. The van der Waals surface area contributed by atoms with Crippen LogP contribution in [-0.2, 0) is 21.4 Å². The fourth-order valence-electron chi connectivity index (χ4n) is 3.07. The Morgan fingerprint density at radius 2 is 1.71 bits per heavy atom. The second-order valence-corrected chi connectivity index (χ2v) is 9.12. The zero-order valence-corrected chi connectivity index (χ0v) is 18.8. The van der Waals surface area contributed by atoms with Gasteiger partial charge in [0.25, 0.3) is 10.0 Å². The number of benzene rings is 3. The number of amides is 1. The van der Waals surface area contributed by atoms with Gasteiger partial charge in [-0.2, -0.15) is 0 Å². The fourth-order valence-corrected chi connectivity index (χ4v) is 4.78. The van der Waals surface area contributed by atoms with Gasteiger partial charge in [-0.1, -0.05) is 48.0 Å². The highest BCUT2D eigenvalue weighted by Crippen LogP contribution is 2.27. The minimum absolute atomic E-state index is 0.0774. The molecule has 0 saturated carbocycles. The number of halogens is 1. The Kier molecular flexibility index (Phi) is 7.20. The molecule has 3 rings (SSSR count). The third-order valence-electron chi connectivity index (χ3n) is 4.72. The highest BCUT2D eigenvalue weighted by Gasteiger charge is 2.27. The molecule has 3 aromatic rings. The van der Waals surface area contributed by atoms with Gasteiger partial charge in [-0.25, -0.2) is 8.42 Å². The van der Waals surface area contributed by atoms with Gasteiger partial charge < -0.3 is 10.1 Å². The van der Waals surface area contributed by atoms with E-state index in [1.54, 1.807) is 61.5 Å². The highest BCUT2D eigenvalue weighted by atomic mass is 35.5. The molecule has 0 aliphatic heterocycles. The molecule has 6 nitrogen and oxygen atoms in total. The largest absolute Gasteiger partial charge is 0.496 e. The Labute approximate surface area is 187 Å². The third kappa shape index (κ3) is 5.37. The molecule has 0 radical (unpaired) electrons. The van der Waals surface area contributed by atoms with Gasteiger partial charge in [-0.3, -0.25) is 9.10 Å². The fraction of sp³-hybridized carbons (Fsp3) is 0.174. The molecule has 0 atom stereocenters. The van der Waals surface area contributed by atoms with E-state index in [1.807, 2.05) is 6.07 Å². The van der Waals surface area contributed by atoms with Crippen molar-refractivity contribution in [3.05, 3.63) is 88.9 Å². The van der Waals surface area contributed by atoms with Crippen LogP contribution in [0.1, 0.15) is 11.1 Å². The maximum Gasteiger partial charge on any atom is 0.264 e. The van der Waals surface area contributed by atoms with Crippen LogP contribution in [0.5, 0.6) is 5.75 Å². The summed E-state index contributed by atoms with van der Waals surface area (Å²) in [5.74, 6) is 0.139. The Hall–Kier alpha value is -3.03. The zero-order valence-electron chi connectivity index (χ0n) is 17.2. The number of nitrogens with zero attached hydrogens (tertiary/aromatic N) is 1. The molecule has 0 aromatic heterocycles. The first-order chi connectivity index (χ1) is 14.8. The lowest BCUT2D eigenvalue weighted by Gasteiger charge is -2.24. The van der Waals surface area contributed by atoms with Gasteiger partial charge in [-0.15, -0.1) is 0 Å². The normalized spacial score (nSPS) is 11.1. The van der Waals surface area contributed by atoms with Crippen molar-refractivity contribution in [2.45, 2.75) is 18.4 Å². The lowest BCUT2D eigenvalue weighted by atomic mass is 10.2. The van der Waals surface area contributed by atoms with Crippen molar-refractivity contribution >= 4 is 33.2 Å². The molecule has 0 spiro atoms. The standard InChI is InChI=1S/C23H23ClN2O4S/c1-17-14-20(12-13-22(17)30-2)31(28,29)26(19-9-4-3-5-10-19)16-23(27)25-15-18-8-6-7-11-21(18)24/h3-14H,15-16H2,1-2H3,(H,25,27). The third-order valence-corrected chi connectivity index (χ3v) is 6.86. The minimum atomic E-state index is -4.00. The number of carbonyl (C=O) groups is 1. The van der Waals surface area contributed by atoms with Crippen LogP contribution in [0.3, 0.4) is 0 Å². The molecule has 0 bridgehead atoms. The molecule has 0 fully saturated rings. The van der Waals surface area contributed by atoms with Gasteiger partial charge in [0.2, 0.25) is 5.91 Å². The van der Waals surface area contributed by atoms with Crippen molar-refractivity contribution in [3.63, 3.8) is 0 Å². The Bertz CT molecular complexity index is 1170. The Balaban J connectivity index is 1.87. The first kappa shape index (κ1) is 22.7. The van der Waals surface area contributed by atoms with E-state index in [0.717, 1.165) is 9.87 Å².